The number of nitrogens with zero attached hydrogens (tertiary/aromatic N) is 2. The average molecular weight is 287 g/mol. The summed E-state index contributed by atoms with van der Waals surface area (Å²) >= 11 is 0. The van der Waals surface area contributed by atoms with Gasteiger partial charge in [-0.05, 0) is 12.1 Å². The second-order valence-electron chi connectivity index (χ2n) is 4.31. The second-order valence-corrected chi connectivity index (χ2v) is 4.31. The van der Waals surface area contributed by atoms with Crippen molar-refractivity contribution in [3.8, 4) is 11.8 Å². The molecule has 7 heteroatoms. The van der Waals surface area contributed by atoms with Crippen molar-refractivity contribution in [3.63, 3.8) is 0 Å². The topological polar surface area (TPSA) is 99.6 Å². The lowest BCUT2D eigenvalue weighted by atomic mass is 10.1. The second kappa shape index (κ2) is 6.63. The molecular formula is C14H13N3O4. The van der Waals surface area contributed by atoms with E-state index in [-0.39, 0.29) is 31.8 Å². The molecule has 1 aromatic rings. The van der Waals surface area contributed by atoms with E-state index < -0.39 is 17.7 Å². The molecular weight excluding hydrogens is 274 g/mol. The number of hydrogen-bond acceptors (Lipinski definition) is 5. The number of aromatic nitrogens is 1. The molecule has 0 bridgehead atoms. The third kappa shape index (κ3) is 3.64. The van der Waals surface area contributed by atoms with E-state index in [0.717, 1.165) is 4.90 Å². The van der Waals surface area contributed by atoms with Crippen LogP contribution in [0.2, 0.25) is 0 Å². The van der Waals surface area contributed by atoms with Crippen molar-refractivity contribution < 1.29 is 19.5 Å². The molecule has 1 fully saturated rings. The fourth-order valence-corrected chi connectivity index (χ4v) is 1.82. The highest BCUT2D eigenvalue weighted by Crippen LogP contribution is 2.09. The molecule has 1 aliphatic heterocycles. The van der Waals surface area contributed by atoms with E-state index in [1.807, 2.05) is 0 Å². The third-order valence-corrected chi connectivity index (χ3v) is 2.71. The number of pyridine rings is 1. The first-order valence-electron chi connectivity index (χ1n) is 6.28. The van der Waals surface area contributed by atoms with Crippen LogP contribution in [0.5, 0.6) is 0 Å². The van der Waals surface area contributed by atoms with Crippen molar-refractivity contribution in [1.82, 2.24) is 15.2 Å². The van der Waals surface area contributed by atoms with Gasteiger partial charge in [0.05, 0.1) is 12.2 Å². The van der Waals surface area contributed by atoms with Gasteiger partial charge in [0.15, 0.2) is 0 Å². The van der Waals surface area contributed by atoms with Crippen molar-refractivity contribution >= 4 is 17.7 Å². The first-order valence-corrected chi connectivity index (χ1v) is 6.28. The Kier molecular flexibility index (Phi) is 4.64. The number of piperazine rings is 1. The number of aliphatic hydroxyl groups excluding tert-OH is 1. The number of hydrogen-bond donors (Lipinski definition) is 2. The number of carbonyl (C=O) groups excluding carboxylic acids is 3. The molecule has 0 saturated carbocycles. The molecule has 0 unspecified atom stereocenters. The van der Waals surface area contributed by atoms with E-state index in [1.165, 1.54) is 6.20 Å². The minimum Gasteiger partial charge on any atom is -0.395 e. The largest absolute Gasteiger partial charge is 0.395 e. The Hall–Kier alpha value is -2.72. The summed E-state index contributed by atoms with van der Waals surface area (Å²) in [6.07, 6.45) is 1.73. The number of carbonyl (C=O) groups is 3. The molecule has 0 aromatic carbocycles. The van der Waals surface area contributed by atoms with Gasteiger partial charge in [-0.25, -0.2) is 4.98 Å². The van der Waals surface area contributed by atoms with E-state index in [9.17, 15) is 14.4 Å². The van der Waals surface area contributed by atoms with Gasteiger partial charge in [0, 0.05) is 12.6 Å². The maximum absolute atomic E-state index is 12.4. The van der Waals surface area contributed by atoms with E-state index in [4.69, 9.17) is 5.11 Å². The Morgan fingerprint density at radius 2 is 2.10 bits per heavy atom. The standard InChI is InChI=1S/C14H13N3O4/c18-7-2-1-4-10-5-3-6-15-13(10)14(21)17-8-11(19)16-12(20)9-17/h3,5-6,18H,2,7-9H2,(H,16,19,20). The summed E-state index contributed by atoms with van der Waals surface area (Å²) in [5.74, 6) is 3.89. The average Bonchev–Trinajstić information content (AvgIpc) is 2.46. The van der Waals surface area contributed by atoms with E-state index in [1.54, 1.807) is 12.1 Å². The van der Waals surface area contributed by atoms with Crippen LogP contribution in [0.1, 0.15) is 22.5 Å². The molecule has 7 nitrogen and oxygen atoms in total. The van der Waals surface area contributed by atoms with Crippen LogP contribution in [0, 0.1) is 11.8 Å². The minimum absolute atomic E-state index is 0.0721. The van der Waals surface area contributed by atoms with Crippen LogP contribution in [0.25, 0.3) is 0 Å². The Bertz CT molecular complexity index is 629. The molecule has 2 N–H and O–H groups in total. The van der Waals surface area contributed by atoms with Crippen molar-refractivity contribution in [3.05, 3.63) is 29.6 Å². The number of imide groups is 1. The highest BCUT2D eigenvalue weighted by Gasteiger charge is 2.28. The zero-order valence-corrected chi connectivity index (χ0v) is 11.1. The van der Waals surface area contributed by atoms with E-state index >= 15 is 0 Å². The van der Waals surface area contributed by atoms with Crippen LogP contribution in [0.15, 0.2) is 18.3 Å². The van der Waals surface area contributed by atoms with Crippen LogP contribution < -0.4 is 5.32 Å². The van der Waals surface area contributed by atoms with Crippen LogP contribution in [0.4, 0.5) is 0 Å². The number of amides is 3. The molecule has 0 aliphatic carbocycles. The molecule has 0 radical (unpaired) electrons. The van der Waals surface area contributed by atoms with Crippen molar-refractivity contribution in [1.29, 1.82) is 0 Å². The number of aliphatic hydroxyl groups is 1. The molecule has 1 aromatic heterocycles. The SMILES string of the molecule is O=C1CN(C(=O)c2ncccc2C#CCCO)CC(=O)N1. The summed E-state index contributed by atoms with van der Waals surface area (Å²) in [4.78, 5) is 40.1. The summed E-state index contributed by atoms with van der Waals surface area (Å²) in [6, 6.07) is 3.25. The molecule has 2 rings (SSSR count). The predicted molar refractivity (Wildman–Crippen MR) is 71.9 cm³/mol. The molecule has 1 aliphatic rings. The zero-order valence-electron chi connectivity index (χ0n) is 11.1. The molecule has 2 heterocycles. The first kappa shape index (κ1) is 14.7. The molecule has 1 saturated heterocycles. The maximum atomic E-state index is 12.4. The fourth-order valence-electron chi connectivity index (χ4n) is 1.82. The van der Waals surface area contributed by atoms with Crippen LogP contribution in [0.3, 0.4) is 0 Å². The highest BCUT2D eigenvalue weighted by molar-refractivity contribution is 6.05. The summed E-state index contributed by atoms with van der Waals surface area (Å²) < 4.78 is 0. The lowest BCUT2D eigenvalue weighted by Crippen LogP contribution is -2.53. The van der Waals surface area contributed by atoms with Crippen LogP contribution >= 0.6 is 0 Å². The molecule has 21 heavy (non-hydrogen) atoms. The van der Waals surface area contributed by atoms with E-state index in [2.05, 4.69) is 22.1 Å². The fraction of sp³-hybridized carbons (Fsp3) is 0.286. The molecule has 0 spiro atoms. The normalized spacial score (nSPS) is 14.2. The summed E-state index contributed by atoms with van der Waals surface area (Å²) in [6.45, 7) is -0.452. The summed E-state index contributed by atoms with van der Waals surface area (Å²) in [5.41, 5.74) is 0.486. The van der Waals surface area contributed by atoms with Crippen LogP contribution in [-0.4, -0.2) is 52.4 Å². The number of nitrogens with one attached hydrogen (secondary N) is 1. The lowest BCUT2D eigenvalue weighted by molar-refractivity contribution is -0.135. The Balaban J connectivity index is 2.25. The van der Waals surface area contributed by atoms with Crippen molar-refractivity contribution in [2.45, 2.75) is 6.42 Å². The van der Waals surface area contributed by atoms with Crippen LogP contribution in [-0.2, 0) is 9.59 Å². The van der Waals surface area contributed by atoms with Gasteiger partial charge in [0.2, 0.25) is 11.8 Å². The lowest BCUT2D eigenvalue weighted by Gasteiger charge is -2.25. The Morgan fingerprint density at radius 1 is 1.38 bits per heavy atom. The summed E-state index contributed by atoms with van der Waals surface area (Å²) in [7, 11) is 0. The smallest absolute Gasteiger partial charge is 0.274 e. The Labute approximate surface area is 121 Å². The third-order valence-electron chi connectivity index (χ3n) is 2.71. The van der Waals surface area contributed by atoms with Gasteiger partial charge < -0.3 is 10.0 Å². The van der Waals surface area contributed by atoms with Gasteiger partial charge >= 0.3 is 0 Å². The zero-order chi connectivity index (χ0) is 15.2. The Morgan fingerprint density at radius 3 is 2.76 bits per heavy atom. The molecule has 108 valence electrons. The van der Waals surface area contributed by atoms with Gasteiger partial charge in [0.1, 0.15) is 18.8 Å². The number of rotatable bonds is 2. The minimum atomic E-state index is -0.525. The summed E-state index contributed by atoms with van der Waals surface area (Å²) in [5, 5.41) is 10.8. The van der Waals surface area contributed by atoms with Crippen molar-refractivity contribution in [2.24, 2.45) is 0 Å². The first-order chi connectivity index (χ1) is 10.1. The monoisotopic (exact) mass is 287 g/mol. The van der Waals surface area contributed by atoms with Gasteiger partial charge in [-0.15, -0.1) is 0 Å². The van der Waals surface area contributed by atoms with Crippen molar-refractivity contribution in [2.75, 3.05) is 19.7 Å². The van der Waals surface area contributed by atoms with Gasteiger partial charge in [-0.1, -0.05) is 11.8 Å². The molecule has 0 atom stereocenters. The molecule has 3 amide bonds. The van der Waals surface area contributed by atoms with E-state index in [0.29, 0.717) is 5.56 Å². The quantitative estimate of drug-likeness (QED) is 0.532. The van der Waals surface area contributed by atoms with Gasteiger partial charge in [0.25, 0.3) is 5.91 Å². The highest BCUT2D eigenvalue weighted by atomic mass is 16.3. The van der Waals surface area contributed by atoms with Gasteiger partial charge in [-0.3, -0.25) is 19.7 Å². The van der Waals surface area contributed by atoms with Gasteiger partial charge in [-0.2, -0.15) is 0 Å². The predicted octanol–water partition coefficient (Wildman–Crippen LogP) is -1.09. The maximum Gasteiger partial charge on any atom is 0.274 e.